The fourth-order valence-corrected chi connectivity index (χ4v) is 3.50. The van der Waals surface area contributed by atoms with Crippen molar-refractivity contribution in [2.24, 2.45) is 0 Å². The fraction of sp³-hybridized carbons (Fsp3) is 0.143. The Morgan fingerprint density at radius 1 is 0.917 bits per heavy atom. The second kappa shape index (κ2) is 11.6. The van der Waals surface area contributed by atoms with Crippen LogP contribution in [-0.2, 0) is 16.0 Å². The van der Waals surface area contributed by atoms with Gasteiger partial charge in [0.15, 0.2) is 0 Å². The third-order valence-electron chi connectivity index (χ3n) is 5.32. The summed E-state index contributed by atoms with van der Waals surface area (Å²) in [5, 5.41) is 9.77. The van der Waals surface area contributed by atoms with Crippen LogP contribution in [-0.4, -0.2) is 35.5 Å². The minimum absolute atomic E-state index is 0.187. The first-order valence-electron chi connectivity index (χ1n) is 11.4. The summed E-state index contributed by atoms with van der Waals surface area (Å²) in [6.07, 6.45) is 4.26. The lowest BCUT2D eigenvalue weighted by Gasteiger charge is -2.12. The molecule has 0 radical (unpaired) electrons. The number of carbonyl (C=O) groups is 2. The summed E-state index contributed by atoms with van der Waals surface area (Å²) >= 11 is 0. The summed E-state index contributed by atoms with van der Waals surface area (Å²) in [6.45, 7) is 2.24. The van der Waals surface area contributed by atoms with Crippen LogP contribution in [0.2, 0.25) is 0 Å². The number of carbonyl (C=O) groups excluding carboxylic acids is 2. The van der Waals surface area contributed by atoms with Crippen LogP contribution < -0.4 is 16.0 Å². The molecule has 0 atom stereocenters. The molecule has 0 saturated carbocycles. The highest BCUT2D eigenvalue weighted by Crippen LogP contribution is 2.28. The van der Waals surface area contributed by atoms with E-state index in [1.807, 2.05) is 42.5 Å². The quantitative estimate of drug-likeness (QED) is 0.330. The van der Waals surface area contributed by atoms with Gasteiger partial charge in [-0.1, -0.05) is 12.8 Å². The number of nitrogens with zero attached hydrogens (tertiary/aromatic N) is 2. The topological polar surface area (TPSA) is 105 Å². The number of amides is 2. The molecule has 180 valence electrons. The number of hydrogen-bond acceptors (Lipinski definition) is 6. The molecule has 0 aliphatic rings. The zero-order chi connectivity index (χ0) is 25.3. The molecule has 36 heavy (non-hydrogen) atoms. The maximum absolute atomic E-state index is 12.6. The van der Waals surface area contributed by atoms with Gasteiger partial charge in [-0.15, -0.1) is 0 Å². The van der Waals surface area contributed by atoms with Crippen molar-refractivity contribution >= 4 is 45.6 Å². The highest BCUT2D eigenvalue weighted by molar-refractivity contribution is 6.06. The SMILES string of the molecule is CCc1ccnc(NC(=O)c2ccc(Nc3ccnc4ccc(NC(=O)C#CCOC)cc34)cc2)c1. The van der Waals surface area contributed by atoms with Crippen molar-refractivity contribution in [3.63, 3.8) is 0 Å². The number of nitrogens with one attached hydrogen (secondary N) is 3. The van der Waals surface area contributed by atoms with Crippen LogP contribution in [0.4, 0.5) is 22.9 Å². The highest BCUT2D eigenvalue weighted by atomic mass is 16.5. The predicted octanol–water partition coefficient (Wildman–Crippen LogP) is 4.78. The Morgan fingerprint density at radius 2 is 1.69 bits per heavy atom. The average molecular weight is 480 g/mol. The molecule has 0 aliphatic heterocycles. The number of benzene rings is 2. The number of hydrogen-bond donors (Lipinski definition) is 3. The molecule has 2 aromatic heterocycles. The zero-order valence-corrected chi connectivity index (χ0v) is 20.0. The van der Waals surface area contributed by atoms with E-state index in [4.69, 9.17) is 4.74 Å². The smallest absolute Gasteiger partial charge is 0.300 e. The Morgan fingerprint density at radius 3 is 2.47 bits per heavy atom. The lowest BCUT2D eigenvalue weighted by Crippen LogP contribution is -2.13. The first kappa shape index (κ1) is 24.4. The second-order valence-electron chi connectivity index (χ2n) is 7.84. The van der Waals surface area contributed by atoms with Gasteiger partial charge in [-0.2, -0.15) is 0 Å². The first-order chi connectivity index (χ1) is 17.6. The van der Waals surface area contributed by atoms with Crippen LogP contribution in [0.5, 0.6) is 0 Å². The van der Waals surface area contributed by atoms with Crippen molar-refractivity contribution in [2.75, 3.05) is 29.7 Å². The van der Waals surface area contributed by atoms with Gasteiger partial charge in [0, 0.05) is 47.5 Å². The molecular weight excluding hydrogens is 454 g/mol. The lowest BCUT2D eigenvalue weighted by atomic mass is 10.1. The molecule has 0 bridgehead atoms. The van der Waals surface area contributed by atoms with Crippen molar-refractivity contribution in [3.8, 4) is 11.8 Å². The summed E-state index contributed by atoms with van der Waals surface area (Å²) < 4.78 is 4.83. The Hall–Kier alpha value is -4.74. The standard InChI is InChI=1S/C28H25N5O3/c1-3-19-12-14-30-26(17-19)33-28(35)20-6-8-21(9-7-20)31-25-13-15-29-24-11-10-22(18-23(24)25)32-27(34)5-4-16-36-2/h6-15,17-18H,3,16H2,1-2H3,(H,29,31)(H,32,34)(H,30,33,35). The van der Waals surface area contributed by atoms with Gasteiger partial charge in [-0.3, -0.25) is 14.6 Å². The van der Waals surface area contributed by atoms with E-state index in [2.05, 4.69) is 44.7 Å². The summed E-state index contributed by atoms with van der Waals surface area (Å²) in [7, 11) is 1.52. The van der Waals surface area contributed by atoms with E-state index >= 15 is 0 Å². The fourth-order valence-electron chi connectivity index (χ4n) is 3.50. The second-order valence-corrected chi connectivity index (χ2v) is 7.84. The Bertz CT molecular complexity index is 1460. The van der Waals surface area contributed by atoms with Gasteiger partial charge < -0.3 is 20.7 Å². The van der Waals surface area contributed by atoms with Crippen molar-refractivity contribution in [1.29, 1.82) is 0 Å². The van der Waals surface area contributed by atoms with Crippen LogP contribution in [0.15, 0.2) is 73.1 Å². The van der Waals surface area contributed by atoms with Crippen molar-refractivity contribution < 1.29 is 14.3 Å². The number of anilines is 4. The number of fused-ring (bicyclic) bond motifs is 1. The molecule has 0 saturated heterocycles. The van der Waals surface area contributed by atoms with Crippen molar-refractivity contribution in [2.45, 2.75) is 13.3 Å². The number of ether oxygens (including phenoxy) is 1. The van der Waals surface area contributed by atoms with Crippen LogP contribution >= 0.6 is 0 Å². The molecule has 0 aliphatic carbocycles. The molecule has 0 spiro atoms. The van der Waals surface area contributed by atoms with Gasteiger partial charge in [0.2, 0.25) is 0 Å². The summed E-state index contributed by atoms with van der Waals surface area (Å²) in [6, 6.07) is 18.2. The van der Waals surface area contributed by atoms with Gasteiger partial charge >= 0.3 is 0 Å². The van der Waals surface area contributed by atoms with E-state index < -0.39 is 5.91 Å². The number of aromatic nitrogens is 2. The molecule has 0 fully saturated rings. The van der Waals surface area contributed by atoms with Crippen molar-refractivity contribution in [1.82, 2.24) is 9.97 Å². The molecule has 8 nitrogen and oxygen atoms in total. The molecule has 2 amide bonds. The van der Waals surface area contributed by atoms with E-state index in [0.29, 0.717) is 17.1 Å². The number of aryl methyl sites for hydroxylation is 1. The minimum atomic E-state index is -0.421. The van der Waals surface area contributed by atoms with E-state index in [1.165, 1.54) is 7.11 Å². The van der Waals surface area contributed by atoms with E-state index in [0.717, 1.165) is 34.3 Å². The summed E-state index contributed by atoms with van der Waals surface area (Å²) in [5.74, 6) is 4.98. The number of rotatable bonds is 7. The molecule has 0 unspecified atom stereocenters. The van der Waals surface area contributed by atoms with E-state index in [-0.39, 0.29) is 12.5 Å². The largest absolute Gasteiger partial charge is 0.372 e. The molecular formula is C28H25N5O3. The van der Waals surface area contributed by atoms with Gasteiger partial charge in [-0.05, 0) is 78.6 Å². The van der Waals surface area contributed by atoms with E-state index in [1.54, 1.807) is 30.6 Å². The molecule has 3 N–H and O–H groups in total. The minimum Gasteiger partial charge on any atom is -0.372 e. The zero-order valence-electron chi connectivity index (χ0n) is 20.0. The normalized spacial score (nSPS) is 10.3. The van der Waals surface area contributed by atoms with Crippen molar-refractivity contribution in [3.05, 3.63) is 84.2 Å². The average Bonchev–Trinajstić information content (AvgIpc) is 2.89. The first-order valence-corrected chi connectivity index (χ1v) is 11.4. The molecule has 4 aromatic rings. The molecule has 2 aromatic carbocycles. The van der Waals surface area contributed by atoms with E-state index in [9.17, 15) is 9.59 Å². The number of methoxy groups -OCH3 is 1. The molecule has 4 rings (SSSR count). The van der Waals surface area contributed by atoms with Gasteiger partial charge in [0.05, 0.1) is 5.52 Å². The van der Waals surface area contributed by atoms with Crippen LogP contribution in [0.1, 0.15) is 22.8 Å². The Kier molecular flexibility index (Phi) is 7.86. The lowest BCUT2D eigenvalue weighted by molar-refractivity contribution is -0.111. The van der Waals surface area contributed by atoms with Gasteiger partial charge in [0.1, 0.15) is 12.4 Å². The predicted molar refractivity (Wildman–Crippen MR) is 141 cm³/mol. The van der Waals surface area contributed by atoms with Crippen LogP contribution in [0.3, 0.4) is 0 Å². The third-order valence-corrected chi connectivity index (χ3v) is 5.32. The number of pyridine rings is 2. The van der Waals surface area contributed by atoms with Crippen LogP contribution in [0.25, 0.3) is 10.9 Å². The van der Waals surface area contributed by atoms with Gasteiger partial charge in [-0.25, -0.2) is 4.98 Å². The Labute approximate surface area is 209 Å². The monoisotopic (exact) mass is 479 g/mol. The summed E-state index contributed by atoms with van der Waals surface area (Å²) in [4.78, 5) is 33.3. The third kappa shape index (κ3) is 6.23. The maximum atomic E-state index is 12.6. The maximum Gasteiger partial charge on any atom is 0.300 e. The summed E-state index contributed by atoms with van der Waals surface area (Å²) in [5.41, 5.74) is 4.59. The molecule has 8 heteroatoms. The highest BCUT2D eigenvalue weighted by Gasteiger charge is 2.09. The molecule has 2 heterocycles. The Balaban J connectivity index is 1.48. The van der Waals surface area contributed by atoms with Crippen LogP contribution in [0, 0.1) is 11.8 Å². The van der Waals surface area contributed by atoms with Gasteiger partial charge in [0.25, 0.3) is 11.8 Å².